The van der Waals surface area contributed by atoms with Gasteiger partial charge in [-0.15, -0.1) is 0 Å². The average molecular weight is 402 g/mol. The van der Waals surface area contributed by atoms with Gasteiger partial charge in [0.25, 0.3) is 5.89 Å². The first kappa shape index (κ1) is 15.1. The Morgan fingerprint density at radius 2 is 1.83 bits per heavy atom. The predicted octanol–water partition coefficient (Wildman–Crippen LogP) is 5.21. The van der Waals surface area contributed by atoms with E-state index in [0.717, 1.165) is 21.3 Å². The van der Waals surface area contributed by atoms with Gasteiger partial charge in [0.05, 0.1) is 5.69 Å². The molecule has 4 rings (SSSR count). The monoisotopic (exact) mass is 400 g/mol. The van der Waals surface area contributed by atoms with Crippen molar-refractivity contribution in [2.24, 2.45) is 0 Å². The molecule has 0 amide bonds. The van der Waals surface area contributed by atoms with Crippen molar-refractivity contribution in [3.63, 3.8) is 0 Å². The fourth-order valence-electron chi connectivity index (χ4n) is 2.28. The van der Waals surface area contributed by atoms with Crippen LogP contribution in [0.25, 0.3) is 34.2 Å². The van der Waals surface area contributed by atoms with Crippen LogP contribution in [0.4, 0.5) is 0 Å². The molecule has 2 aromatic carbocycles. The summed E-state index contributed by atoms with van der Waals surface area (Å²) < 4.78 is 6.33. The van der Waals surface area contributed by atoms with Gasteiger partial charge in [-0.2, -0.15) is 10.1 Å². The lowest BCUT2D eigenvalue weighted by Gasteiger charge is -1.95. The molecule has 0 unspecified atom stereocenters. The molecule has 4 aromatic rings. The topological polar surface area (TPSA) is 67.6 Å². The van der Waals surface area contributed by atoms with Gasteiger partial charge in [-0.1, -0.05) is 44.8 Å². The summed E-state index contributed by atoms with van der Waals surface area (Å²) in [6.45, 7) is 0. The van der Waals surface area contributed by atoms with Crippen LogP contribution in [0.3, 0.4) is 0 Å². The van der Waals surface area contributed by atoms with Crippen LogP contribution in [0, 0.1) is 0 Å². The van der Waals surface area contributed by atoms with Crippen molar-refractivity contribution >= 4 is 27.5 Å². The fraction of sp³-hybridized carbons (Fsp3) is 0. The lowest BCUT2D eigenvalue weighted by Crippen LogP contribution is -1.81. The number of rotatable bonds is 3. The van der Waals surface area contributed by atoms with Crippen LogP contribution in [0.2, 0.25) is 5.02 Å². The summed E-state index contributed by atoms with van der Waals surface area (Å²) in [5.41, 5.74) is 3.21. The zero-order valence-corrected chi connectivity index (χ0v) is 14.5. The normalized spacial score (nSPS) is 10.9. The fourth-order valence-corrected chi connectivity index (χ4v) is 2.73. The second-order valence-corrected chi connectivity index (χ2v) is 6.46. The number of H-pyrrole nitrogens is 1. The van der Waals surface area contributed by atoms with Gasteiger partial charge in [0.15, 0.2) is 0 Å². The molecule has 1 N–H and O–H groups in total. The molecule has 0 aliphatic carbocycles. The van der Waals surface area contributed by atoms with Gasteiger partial charge >= 0.3 is 0 Å². The van der Waals surface area contributed by atoms with Gasteiger partial charge in [-0.3, -0.25) is 5.10 Å². The van der Waals surface area contributed by atoms with Crippen LogP contribution < -0.4 is 0 Å². The van der Waals surface area contributed by atoms with E-state index >= 15 is 0 Å². The Morgan fingerprint density at radius 3 is 2.62 bits per heavy atom. The molecule has 0 bridgehead atoms. The van der Waals surface area contributed by atoms with Gasteiger partial charge in [0.2, 0.25) is 5.82 Å². The zero-order valence-electron chi connectivity index (χ0n) is 12.2. The molecular weight excluding hydrogens is 392 g/mol. The minimum Gasteiger partial charge on any atom is -0.332 e. The number of hydrogen-bond acceptors (Lipinski definition) is 4. The van der Waals surface area contributed by atoms with Crippen molar-refractivity contribution in [3.8, 4) is 34.2 Å². The van der Waals surface area contributed by atoms with Crippen LogP contribution in [-0.4, -0.2) is 20.3 Å². The van der Waals surface area contributed by atoms with E-state index in [0.29, 0.717) is 22.4 Å². The maximum atomic E-state index is 6.02. The molecule has 2 heterocycles. The van der Waals surface area contributed by atoms with Crippen LogP contribution >= 0.6 is 27.5 Å². The zero-order chi connectivity index (χ0) is 16.5. The van der Waals surface area contributed by atoms with Gasteiger partial charge in [0, 0.05) is 20.6 Å². The van der Waals surface area contributed by atoms with E-state index in [4.69, 9.17) is 16.1 Å². The highest BCUT2D eigenvalue weighted by Crippen LogP contribution is 2.26. The first-order chi connectivity index (χ1) is 11.7. The Balaban J connectivity index is 1.65. The molecule has 0 aliphatic rings. The summed E-state index contributed by atoms with van der Waals surface area (Å²) in [6.07, 6.45) is 0. The van der Waals surface area contributed by atoms with Crippen LogP contribution in [0.5, 0.6) is 0 Å². The Morgan fingerprint density at radius 1 is 1.00 bits per heavy atom. The van der Waals surface area contributed by atoms with Crippen LogP contribution in [0.1, 0.15) is 0 Å². The minimum atomic E-state index is 0.383. The number of hydrogen-bond donors (Lipinski definition) is 1. The number of halogens is 2. The van der Waals surface area contributed by atoms with Gasteiger partial charge in [-0.05, 0) is 42.5 Å². The van der Waals surface area contributed by atoms with Crippen molar-refractivity contribution < 1.29 is 4.52 Å². The molecule has 0 atom stereocenters. The van der Waals surface area contributed by atoms with Gasteiger partial charge in [-0.25, -0.2) is 0 Å². The number of aromatic amines is 1. The Hall–Kier alpha value is -2.44. The Bertz CT molecular complexity index is 994. The first-order valence-electron chi connectivity index (χ1n) is 7.10. The Labute approximate surface area is 150 Å². The molecule has 7 heteroatoms. The van der Waals surface area contributed by atoms with E-state index < -0.39 is 0 Å². The van der Waals surface area contributed by atoms with E-state index in [1.165, 1.54) is 0 Å². The summed E-state index contributed by atoms with van der Waals surface area (Å²) in [7, 11) is 0. The smallest absolute Gasteiger partial charge is 0.276 e. The van der Waals surface area contributed by atoms with Gasteiger partial charge < -0.3 is 4.52 Å². The van der Waals surface area contributed by atoms with E-state index in [2.05, 4.69) is 36.3 Å². The maximum absolute atomic E-state index is 6.02. The lowest BCUT2D eigenvalue weighted by molar-refractivity contribution is 0.431. The number of benzene rings is 2. The van der Waals surface area contributed by atoms with E-state index in [9.17, 15) is 0 Å². The molecule has 0 saturated heterocycles. The third kappa shape index (κ3) is 2.98. The van der Waals surface area contributed by atoms with Crippen LogP contribution in [-0.2, 0) is 0 Å². The van der Waals surface area contributed by atoms with E-state index in [1.807, 2.05) is 54.6 Å². The maximum Gasteiger partial charge on any atom is 0.276 e. The van der Waals surface area contributed by atoms with E-state index in [-0.39, 0.29) is 0 Å². The molecule has 0 aliphatic heterocycles. The van der Waals surface area contributed by atoms with Crippen molar-refractivity contribution in [2.45, 2.75) is 0 Å². The minimum absolute atomic E-state index is 0.383. The highest BCUT2D eigenvalue weighted by Gasteiger charge is 2.14. The number of nitrogens with one attached hydrogen (secondary N) is 1. The predicted molar refractivity (Wildman–Crippen MR) is 95.5 cm³/mol. The third-order valence-corrected chi connectivity index (χ3v) is 4.22. The van der Waals surface area contributed by atoms with Crippen LogP contribution in [0.15, 0.2) is 63.6 Å². The SMILES string of the molecule is Clc1cccc(-c2cc(-c3nc(-c4ccc(Br)cc4)no3)[nH]n2)c1. The number of nitrogens with zero attached hydrogens (tertiary/aromatic N) is 3. The summed E-state index contributed by atoms with van der Waals surface area (Å²) in [6, 6.07) is 17.0. The summed E-state index contributed by atoms with van der Waals surface area (Å²) >= 11 is 9.42. The highest BCUT2D eigenvalue weighted by atomic mass is 79.9. The largest absolute Gasteiger partial charge is 0.332 e. The quantitative estimate of drug-likeness (QED) is 0.512. The second kappa shape index (κ2) is 6.22. The van der Waals surface area contributed by atoms with Crippen molar-refractivity contribution in [3.05, 3.63) is 64.1 Å². The third-order valence-electron chi connectivity index (χ3n) is 3.46. The molecular formula is C17H10BrClN4O. The second-order valence-electron chi connectivity index (χ2n) is 5.11. The standard InChI is InChI=1S/C17H10BrClN4O/c18-12-6-4-10(5-7-12)16-20-17(24-23-16)15-9-14(21-22-15)11-2-1-3-13(19)8-11/h1-9H,(H,21,22). The van der Waals surface area contributed by atoms with Crippen molar-refractivity contribution in [1.29, 1.82) is 0 Å². The summed E-state index contributed by atoms with van der Waals surface area (Å²) in [5.74, 6) is 0.908. The van der Waals surface area contributed by atoms with Crippen molar-refractivity contribution in [2.75, 3.05) is 0 Å². The van der Waals surface area contributed by atoms with E-state index in [1.54, 1.807) is 0 Å². The molecule has 0 fully saturated rings. The van der Waals surface area contributed by atoms with Crippen molar-refractivity contribution in [1.82, 2.24) is 20.3 Å². The summed E-state index contributed by atoms with van der Waals surface area (Å²) in [4.78, 5) is 4.41. The first-order valence-corrected chi connectivity index (χ1v) is 8.27. The lowest BCUT2D eigenvalue weighted by atomic mass is 10.1. The molecule has 2 aromatic heterocycles. The molecule has 118 valence electrons. The Kier molecular flexibility index (Phi) is 3.92. The summed E-state index contributed by atoms with van der Waals surface area (Å²) in [5, 5.41) is 11.9. The highest BCUT2D eigenvalue weighted by molar-refractivity contribution is 9.10. The average Bonchev–Trinajstić information content (AvgIpc) is 3.25. The van der Waals surface area contributed by atoms with Gasteiger partial charge in [0.1, 0.15) is 5.69 Å². The molecule has 0 saturated carbocycles. The molecule has 24 heavy (non-hydrogen) atoms. The molecule has 5 nitrogen and oxygen atoms in total. The molecule has 0 spiro atoms. The number of aromatic nitrogens is 4. The molecule has 0 radical (unpaired) electrons.